The fourth-order valence-corrected chi connectivity index (χ4v) is 7.22. The molecular weight excluding hydrogens is 588 g/mol. The van der Waals surface area contributed by atoms with Crippen LogP contribution in [0.25, 0.3) is 32.9 Å². The molecule has 2 aromatic heterocycles. The van der Waals surface area contributed by atoms with E-state index in [-0.39, 0.29) is 46.1 Å². The number of hydrogen-bond acceptors (Lipinski definition) is 8. The quantitative estimate of drug-likeness (QED) is 0.230. The van der Waals surface area contributed by atoms with Crippen molar-refractivity contribution >= 4 is 27.5 Å². The van der Waals surface area contributed by atoms with Crippen molar-refractivity contribution in [1.82, 2.24) is 24.8 Å². The average Bonchev–Trinajstić information content (AvgIpc) is 3.54. The molecule has 0 unspecified atom stereocenters. The lowest BCUT2D eigenvalue weighted by molar-refractivity contribution is 0.107. The third-order valence-electron chi connectivity index (χ3n) is 9.44. The van der Waals surface area contributed by atoms with Crippen molar-refractivity contribution in [2.75, 3.05) is 57.8 Å². The van der Waals surface area contributed by atoms with Gasteiger partial charge in [-0.3, -0.25) is 9.88 Å². The number of benzene rings is 2. The van der Waals surface area contributed by atoms with E-state index in [4.69, 9.17) is 16.1 Å². The fourth-order valence-electron chi connectivity index (χ4n) is 7.22. The molecule has 0 amide bonds. The van der Waals surface area contributed by atoms with E-state index in [1.807, 2.05) is 11.9 Å². The number of halogens is 4. The molecule has 3 saturated heterocycles. The van der Waals surface area contributed by atoms with Crippen LogP contribution in [-0.2, 0) is 0 Å². The fraction of sp³-hybridized carbons (Fsp3) is 0.424. The predicted molar refractivity (Wildman–Crippen MR) is 163 cm³/mol. The highest BCUT2D eigenvalue weighted by atomic mass is 19.3. The van der Waals surface area contributed by atoms with Crippen LogP contribution in [0, 0.1) is 18.2 Å². The van der Waals surface area contributed by atoms with Crippen LogP contribution >= 0.6 is 0 Å². The molecule has 0 spiro atoms. The zero-order valence-corrected chi connectivity index (χ0v) is 24.7. The van der Waals surface area contributed by atoms with Gasteiger partial charge in [-0.2, -0.15) is 9.97 Å². The number of nitrogens with zero attached hydrogens (tertiary/aromatic N) is 6. The second-order valence-corrected chi connectivity index (χ2v) is 12.2. The van der Waals surface area contributed by atoms with Crippen LogP contribution in [0.4, 0.5) is 23.4 Å². The van der Waals surface area contributed by atoms with Crippen molar-refractivity contribution in [3.05, 3.63) is 47.4 Å². The van der Waals surface area contributed by atoms with Crippen molar-refractivity contribution in [2.45, 2.75) is 37.4 Å². The van der Waals surface area contributed by atoms with Gasteiger partial charge >= 0.3 is 6.01 Å². The zero-order chi connectivity index (χ0) is 31.5. The van der Waals surface area contributed by atoms with E-state index >= 15 is 8.78 Å². The summed E-state index contributed by atoms with van der Waals surface area (Å²) >= 11 is 0. The van der Waals surface area contributed by atoms with Crippen LogP contribution in [0.15, 0.2) is 30.5 Å². The van der Waals surface area contributed by atoms with Crippen molar-refractivity contribution < 1.29 is 27.4 Å². The summed E-state index contributed by atoms with van der Waals surface area (Å²) in [6.45, 7) is 3.91. The summed E-state index contributed by atoms with van der Waals surface area (Å²) in [6.07, 6.45) is 5.09. The Morgan fingerprint density at radius 2 is 1.96 bits per heavy atom. The number of piperazine rings is 1. The van der Waals surface area contributed by atoms with Crippen LogP contribution in [-0.4, -0.2) is 94.5 Å². The lowest BCUT2D eigenvalue weighted by Crippen LogP contribution is -2.45. The first-order valence-corrected chi connectivity index (χ1v) is 15.0. The van der Waals surface area contributed by atoms with Crippen LogP contribution in [0.2, 0.25) is 0 Å². The Kier molecular flexibility index (Phi) is 7.41. The monoisotopic (exact) mass is 620 g/mol. The topological polar surface area (TPSA) is 77.9 Å². The minimum absolute atomic E-state index is 0.0531. The number of phenolic OH excluding ortho intramolecular Hbond substituents is 1. The minimum atomic E-state index is -3.06. The number of rotatable bonds is 6. The number of likely N-dealkylation sites (N-methyl/N-ethyl adjacent to an activating group) is 1. The number of phenols is 1. The number of aromatic hydroxyl groups is 1. The Hall–Kier alpha value is -4.21. The molecule has 3 aliphatic rings. The van der Waals surface area contributed by atoms with Crippen molar-refractivity contribution in [2.24, 2.45) is 0 Å². The van der Waals surface area contributed by atoms with E-state index in [1.165, 1.54) is 30.5 Å². The Morgan fingerprint density at radius 3 is 2.71 bits per heavy atom. The highest BCUT2D eigenvalue weighted by Gasteiger charge is 2.49. The third kappa shape index (κ3) is 5.08. The van der Waals surface area contributed by atoms with Gasteiger partial charge in [0.25, 0.3) is 6.43 Å². The maximum absolute atomic E-state index is 15.2. The van der Waals surface area contributed by atoms with Gasteiger partial charge in [0.1, 0.15) is 30.2 Å². The first-order chi connectivity index (χ1) is 21.7. The van der Waals surface area contributed by atoms with Gasteiger partial charge in [-0.25, -0.2) is 17.6 Å². The summed E-state index contributed by atoms with van der Waals surface area (Å²) < 4.78 is 65.9. The Balaban J connectivity index is 1.42. The molecule has 3 aliphatic heterocycles. The summed E-state index contributed by atoms with van der Waals surface area (Å²) in [5.41, 5.74) is -1.34. The molecule has 0 bridgehead atoms. The van der Waals surface area contributed by atoms with Crippen LogP contribution in [0.5, 0.6) is 11.8 Å². The number of ether oxygens (including phenoxy) is 1. The van der Waals surface area contributed by atoms with E-state index < -0.39 is 29.5 Å². The predicted octanol–water partition coefficient (Wildman–Crippen LogP) is 5.32. The first kappa shape index (κ1) is 29.5. The second-order valence-electron chi connectivity index (χ2n) is 12.2. The molecule has 2 aromatic carbocycles. The second kappa shape index (κ2) is 11.3. The molecule has 1 N–H and O–H groups in total. The largest absolute Gasteiger partial charge is 0.508 e. The van der Waals surface area contributed by atoms with Gasteiger partial charge in [0.2, 0.25) is 0 Å². The maximum Gasteiger partial charge on any atom is 0.319 e. The van der Waals surface area contributed by atoms with E-state index in [1.54, 1.807) is 0 Å². The van der Waals surface area contributed by atoms with Crippen molar-refractivity contribution in [3.63, 3.8) is 0 Å². The van der Waals surface area contributed by atoms with Gasteiger partial charge in [0, 0.05) is 56.3 Å². The molecular formula is C33H32F4N6O2. The van der Waals surface area contributed by atoms with E-state index in [9.17, 15) is 13.9 Å². The number of aromatic nitrogens is 3. The molecule has 2 atom stereocenters. The molecule has 4 aromatic rings. The zero-order valence-electron chi connectivity index (χ0n) is 24.7. The molecule has 8 nitrogen and oxygen atoms in total. The van der Waals surface area contributed by atoms with Gasteiger partial charge < -0.3 is 19.6 Å². The third-order valence-corrected chi connectivity index (χ3v) is 9.44. The summed E-state index contributed by atoms with van der Waals surface area (Å²) in [6, 6.07) is 5.15. The van der Waals surface area contributed by atoms with Crippen molar-refractivity contribution in [3.8, 4) is 35.4 Å². The molecule has 7 rings (SSSR count). The van der Waals surface area contributed by atoms with Gasteiger partial charge in [-0.1, -0.05) is 12.0 Å². The smallest absolute Gasteiger partial charge is 0.319 e. The minimum Gasteiger partial charge on any atom is -0.508 e. The van der Waals surface area contributed by atoms with Crippen LogP contribution in [0.1, 0.15) is 36.8 Å². The number of pyridine rings is 1. The molecule has 3 fully saturated rings. The molecule has 234 valence electrons. The molecule has 45 heavy (non-hydrogen) atoms. The average molecular weight is 621 g/mol. The first-order valence-electron chi connectivity index (χ1n) is 15.0. The highest BCUT2D eigenvalue weighted by molar-refractivity contribution is 6.04. The van der Waals surface area contributed by atoms with Gasteiger partial charge in [-0.05, 0) is 50.0 Å². The normalized spacial score (nSPS) is 22.4. The van der Waals surface area contributed by atoms with Crippen LogP contribution in [0.3, 0.4) is 0 Å². The number of fused-ring (bicyclic) bond motifs is 3. The van der Waals surface area contributed by atoms with E-state index in [2.05, 4.69) is 25.7 Å². The summed E-state index contributed by atoms with van der Waals surface area (Å²) in [4.78, 5) is 20.0. The Bertz CT molecular complexity index is 1840. The number of alkyl halides is 3. The van der Waals surface area contributed by atoms with Crippen molar-refractivity contribution in [1.29, 1.82) is 0 Å². The summed E-state index contributed by atoms with van der Waals surface area (Å²) in [5, 5.41) is 11.4. The Morgan fingerprint density at radius 1 is 1.16 bits per heavy atom. The maximum atomic E-state index is 15.2. The number of terminal acetylenes is 1. The summed E-state index contributed by atoms with van der Waals surface area (Å²) in [7, 11) is 2.01. The lowest BCUT2D eigenvalue weighted by Gasteiger charge is -2.34. The highest BCUT2D eigenvalue weighted by Crippen LogP contribution is 2.43. The van der Waals surface area contributed by atoms with Crippen LogP contribution < -0.4 is 9.64 Å². The van der Waals surface area contributed by atoms with Gasteiger partial charge in [0.15, 0.2) is 0 Å². The molecule has 0 aliphatic carbocycles. The summed E-state index contributed by atoms with van der Waals surface area (Å²) in [5.74, 6) is 1.82. The number of hydrogen-bond donors (Lipinski definition) is 1. The van der Waals surface area contributed by atoms with E-state index in [0.717, 1.165) is 32.5 Å². The molecule has 0 radical (unpaired) electrons. The Labute approximate surface area is 257 Å². The van der Waals surface area contributed by atoms with Gasteiger partial charge in [0.05, 0.1) is 33.3 Å². The van der Waals surface area contributed by atoms with E-state index in [0.29, 0.717) is 42.6 Å². The molecule has 12 heteroatoms. The molecule has 5 heterocycles. The number of anilines is 1. The molecule has 0 saturated carbocycles. The SMILES string of the molecule is C#Cc1c(F)ccc2cc(O)cc(-c3ncc4c(N5CCN(C)CC5)nc(OC[C@]56CCCN5C[C@@H](F)C6)nc4c3C(F)F)c12. The van der Waals surface area contributed by atoms with Gasteiger partial charge in [-0.15, -0.1) is 6.42 Å². The lowest BCUT2D eigenvalue weighted by atomic mass is 9.94. The standard InChI is InChI=1S/C33H32F4N6O2/c1-3-22-25(35)6-5-19-13-21(44)14-23(26(19)22)28-27(30(36)37)29-24(16-38-28)31(42-11-9-41(2)10-12-42)40-32(39-29)45-18-33-7-4-8-43(33)17-20(34)15-33/h1,5-6,13-14,16,20,30,44H,4,7-12,15,17-18H2,2H3/t20-,33+/m0/s1.